The first-order chi connectivity index (χ1) is 11.0. The lowest BCUT2D eigenvalue weighted by atomic mass is 9.96. The van der Waals surface area contributed by atoms with Gasteiger partial charge < -0.3 is 10.1 Å². The van der Waals surface area contributed by atoms with E-state index >= 15 is 0 Å². The van der Waals surface area contributed by atoms with Gasteiger partial charge in [-0.1, -0.05) is 38.1 Å². The maximum absolute atomic E-state index is 13.0. The van der Waals surface area contributed by atoms with Crippen molar-refractivity contribution in [3.63, 3.8) is 0 Å². The predicted molar refractivity (Wildman–Crippen MR) is 88.8 cm³/mol. The van der Waals surface area contributed by atoms with E-state index in [2.05, 4.69) is 5.32 Å². The Bertz CT molecular complexity index is 653. The number of hydrogen-bond acceptors (Lipinski definition) is 2. The molecular weight excluding hydrogens is 293 g/mol. The number of amides is 1. The molecule has 4 heteroatoms. The monoisotopic (exact) mass is 315 g/mol. The minimum atomic E-state index is -0.287. The second-order valence-corrected chi connectivity index (χ2v) is 5.95. The summed E-state index contributed by atoms with van der Waals surface area (Å²) < 4.78 is 18.6. The second kappa shape index (κ2) is 7.77. The Kier molecular flexibility index (Phi) is 5.74. The van der Waals surface area contributed by atoms with Gasteiger partial charge in [0.05, 0.1) is 6.04 Å². The molecule has 0 spiro atoms. The molecule has 2 aromatic carbocycles. The molecule has 0 unspecified atom stereocenters. The topological polar surface area (TPSA) is 38.3 Å². The molecule has 0 saturated carbocycles. The number of halogens is 1. The smallest absolute Gasteiger partial charge is 0.258 e. The van der Waals surface area contributed by atoms with Crippen molar-refractivity contribution in [3.8, 4) is 5.75 Å². The molecule has 0 aliphatic heterocycles. The van der Waals surface area contributed by atoms with Gasteiger partial charge in [-0.2, -0.15) is 0 Å². The van der Waals surface area contributed by atoms with Crippen LogP contribution in [0.4, 0.5) is 4.39 Å². The first kappa shape index (κ1) is 17.0. The highest BCUT2D eigenvalue weighted by Gasteiger charge is 2.18. The summed E-state index contributed by atoms with van der Waals surface area (Å²) in [6.07, 6.45) is 0. The van der Waals surface area contributed by atoms with E-state index in [1.807, 2.05) is 45.0 Å². The maximum Gasteiger partial charge on any atom is 0.258 e. The largest absolute Gasteiger partial charge is 0.484 e. The standard InChI is InChI=1S/C19H22FNO2/c1-13(2)19(15-7-9-16(20)10-8-15)21-18(22)12-23-17-6-4-5-14(3)11-17/h4-11,13,19H,12H2,1-3H3,(H,21,22)/t19-/m1/s1. The van der Waals surface area contributed by atoms with Gasteiger partial charge in [-0.15, -0.1) is 0 Å². The van der Waals surface area contributed by atoms with Crippen LogP contribution in [0.25, 0.3) is 0 Å². The Hall–Kier alpha value is -2.36. The van der Waals surface area contributed by atoms with Gasteiger partial charge in [0.2, 0.25) is 0 Å². The Morgan fingerprint density at radius 1 is 1.17 bits per heavy atom. The van der Waals surface area contributed by atoms with Gasteiger partial charge in [-0.25, -0.2) is 4.39 Å². The molecule has 0 aromatic heterocycles. The first-order valence-electron chi connectivity index (χ1n) is 7.70. The average Bonchev–Trinajstić information content (AvgIpc) is 2.51. The average molecular weight is 315 g/mol. The molecule has 0 aliphatic rings. The van der Waals surface area contributed by atoms with Crippen molar-refractivity contribution < 1.29 is 13.9 Å². The lowest BCUT2D eigenvalue weighted by Crippen LogP contribution is -2.35. The molecule has 3 nitrogen and oxygen atoms in total. The second-order valence-electron chi connectivity index (χ2n) is 5.95. The van der Waals surface area contributed by atoms with Gasteiger partial charge in [0.25, 0.3) is 5.91 Å². The molecule has 1 N–H and O–H groups in total. The van der Waals surface area contributed by atoms with Crippen LogP contribution in [0.2, 0.25) is 0 Å². The molecule has 2 aromatic rings. The van der Waals surface area contributed by atoms with Gasteiger partial charge in [-0.3, -0.25) is 4.79 Å². The minimum Gasteiger partial charge on any atom is -0.484 e. The summed E-state index contributed by atoms with van der Waals surface area (Å²) in [5.41, 5.74) is 1.96. The van der Waals surface area contributed by atoms with Crippen LogP contribution in [-0.2, 0) is 4.79 Å². The molecule has 0 heterocycles. The van der Waals surface area contributed by atoms with Gasteiger partial charge >= 0.3 is 0 Å². The summed E-state index contributed by atoms with van der Waals surface area (Å²) in [5.74, 6) is 0.367. The van der Waals surface area contributed by atoms with Crippen LogP contribution in [0.1, 0.15) is 31.0 Å². The predicted octanol–water partition coefficient (Wildman–Crippen LogP) is 4.03. The van der Waals surface area contributed by atoms with Crippen LogP contribution in [0.5, 0.6) is 5.75 Å². The van der Waals surface area contributed by atoms with Gasteiger partial charge in [0, 0.05) is 0 Å². The molecule has 23 heavy (non-hydrogen) atoms. The van der Waals surface area contributed by atoms with E-state index in [4.69, 9.17) is 4.74 Å². The van der Waals surface area contributed by atoms with Crippen LogP contribution in [0.15, 0.2) is 48.5 Å². The number of nitrogens with one attached hydrogen (secondary N) is 1. The Labute approximate surface area is 136 Å². The number of carbonyl (C=O) groups is 1. The summed E-state index contributed by atoms with van der Waals surface area (Å²) in [6.45, 7) is 5.94. The summed E-state index contributed by atoms with van der Waals surface area (Å²) in [6, 6.07) is 13.6. The first-order valence-corrected chi connectivity index (χ1v) is 7.70. The van der Waals surface area contributed by atoms with Crippen LogP contribution in [0.3, 0.4) is 0 Å². The lowest BCUT2D eigenvalue weighted by Gasteiger charge is -2.23. The van der Waals surface area contributed by atoms with E-state index in [1.165, 1.54) is 12.1 Å². The number of rotatable bonds is 6. The number of benzene rings is 2. The van der Waals surface area contributed by atoms with E-state index in [0.717, 1.165) is 11.1 Å². The molecule has 0 radical (unpaired) electrons. The summed E-state index contributed by atoms with van der Waals surface area (Å²) >= 11 is 0. The van der Waals surface area contributed by atoms with Crippen LogP contribution >= 0.6 is 0 Å². The van der Waals surface area contributed by atoms with Crippen molar-refractivity contribution in [2.24, 2.45) is 5.92 Å². The highest BCUT2D eigenvalue weighted by molar-refractivity contribution is 5.78. The normalized spacial score (nSPS) is 12.0. The summed E-state index contributed by atoms with van der Waals surface area (Å²) in [5, 5.41) is 2.95. The fraction of sp³-hybridized carbons (Fsp3) is 0.316. The molecule has 0 fully saturated rings. The quantitative estimate of drug-likeness (QED) is 0.874. The minimum absolute atomic E-state index is 0.0477. The van der Waals surface area contributed by atoms with Crippen LogP contribution < -0.4 is 10.1 Å². The van der Waals surface area contributed by atoms with Crippen molar-refractivity contribution in [3.05, 3.63) is 65.5 Å². The summed E-state index contributed by atoms with van der Waals surface area (Å²) in [4.78, 5) is 12.1. The molecular formula is C19H22FNO2. The molecule has 2 rings (SSSR count). The Morgan fingerprint density at radius 3 is 2.48 bits per heavy atom. The number of hydrogen-bond donors (Lipinski definition) is 1. The molecule has 0 saturated heterocycles. The number of carbonyl (C=O) groups excluding carboxylic acids is 1. The SMILES string of the molecule is Cc1cccc(OCC(=O)N[C@@H](c2ccc(F)cc2)C(C)C)c1. The van der Waals surface area contributed by atoms with Gasteiger partial charge in [0.1, 0.15) is 11.6 Å². The van der Waals surface area contributed by atoms with E-state index in [-0.39, 0.29) is 30.3 Å². The van der Waals surface area contributed by atoms with Gasteiger partial charge in [-0.05, 0) is 48.2 Å². The third-order valence-electron chi connectivity index (χ3n) is 3.57. The summed E-state index contributed by atoms with van der Waals surface area (Å²) in [7, 11) is 0. The van der Waals surface area contributed by atoms with Crippen LogP contribution in [-0.4, -0.2) is 12.5 Å². The number of aryl methyl sites for hydroxylation is 1. The molecule has 0 aliphatic carbocycles. The van der Waals surface area contributed by atoms with Gasteiger partial charge in [0.15, 0.2) is 6.61 Å². The van der Waals surface area contributed by atoms with E-state index in [9.17, 15) is 9.18 Å². The molecule has 0 bridgehead atoms. The van der Waals surface area contributed by atoms with Crippen molar-refractivity contribution in [1.82, 2.24) is 5.32 Å². The maximum atomic E-state index is 13.0. The van der Waals surface area contributed by atoms with E-state index in [0.29, 0.717) is 5.75 Å². The van der Waals surface area contributed by atoms with Crippen molar-refractivity contribution in [1.29, 1.82) is 0 Å². The van der Waals surface area contributed by atoms with E-state index in [1.54, 1.807) is 12.1 Å². The highest BCUT2D eigenvalue weighted by Crippen LogP contribution is 2.22. The third-order valence-corrected chi connectivity index (χ3v) is 3.57. The van der Waals surface area contributed by atoms with Crippen LogP contribution in [0, 0.1) is 18.7 Å². The third kappa shape index (κ3) is 5.09. The zero-order valence-electron chi connectivity index (χ0n) is 13.7. The zero-order valence-corrected chi connectivity index (χ0v) is 13.7. The lowest BCUT2D eigenvalue weighted by molar-refractivity contribution is -0.124. The molecule has 1 amide bonds. The Balaban J connectivity index is 1.97. The zero-order chi connectivity index (χ0) is 16.8. The van der Waals surface area contributed by atoms with Crippen molar-refractivity contribution in [2.45, 2.75) is 26.8 Å². The number of ether oxygens (including phenoxy) is 1. The Morgan fingerprint density at radius 2 is 1.87 bits per heavy atom. The van der Waals surface area contributed by atoms with E-state index < -0.39 is 0 Å². The molecule has 1 atom stereocenters. The fourth-order valence-electron chi connectivity index (χ4n) is 2.37. The highest BCUT2D eigenvalue weighted by atomic mass is 19.1. The fourth-order valence-corrected chi connectivity index (χ4v) is 2.37. The molecule has 122 valence electrons. The van der Waals surface area contributed by atoms with Crippen molar-refractivity contribution in [2.75, 3.05) is 6.61 Å². The van der Waals surface area contributed by atoms with Crippen molar-refractivity contribution >= 4 is 5.91 Å².